The lowest BCUT2D eigenvalue weighted by molar-refractivity contribution is 0.171. The molecule has 0 radical (unpaired) electrons. The molecule has 1 rings (SSSR count). The highest BCUT2D eigenvalue weighted by atomic mass is 16.5. The van der Waals surface area contributed by atoms with Gasteiger partial charge < -0.3 is 19.7 Å². The highest BCUT2D eigenvalue weighted by Gasteiger charge is 2.15. The second kappa shape index (κ2) is 9.77. The Bertz CT molecular complexity index is 377. The third-order valence-electron chi connectivity index (χ3n) is 3.86. The average molecular weight is 294 g/mol. The molecular weight excluding hydrogens is 264 g/mol. The number of hydrogen-bond donors (Lipinski definition) is 1. The predicted molar refractivity (Wildman–Crippen MR) is 89.1 cm³/mol. The second-order valence-electron chi connectivity index (χ2n) is 5.33. The molecule has 0 spiro atoms. The van der Waals surface area contributed by atoms with Crippen LogP contribution in [-0.4, -0.2) is 47.1 Å². The Labute approximate surface area is 129 Å². The van der Waals surface area contributed by atoms with Crippen molar-refractivity contribution in [2.75, 3.05) is 45.9 Å². The molecule has 0 fully saturated rings. The van der Waals surface area contributed by atoms with E-state index in [0.717, 1.165) is 13.0 Å². The highest BCUT2D eigenvalue weighted by Crippen LogP contribution is 2.22. The van der Waals surface area contributed by atoms with Gasteiger partial charge in [0.05, 0.1) is 13.2 Å². The summed E-state index contributed by atoms with van der Waals surface area (Å²) in [6, 6.07) is 9.54. The molecular formula is C17H30N2O2. The molecule has 0 aromatic heterocycles. The van der Waals surface area contributed by atoms with Gasteiger partial charge in [-0.15, -0.1) is 0 Å². The smallest absolute Gasteiger partial charge is 0.0663 e. The van der Waals surface area contributed by atoms with E-state index in [1.807, 2.05) is 7.05 Å². The van der Waals surface area contributed by atoms with Crippen molar-refractivity contribution in [2.24, 2.45) is 0 Å². The fourth-order valence-electron chi connectivity index (χ4n) is 2.63. The second-order valence-corrected chi connectivity index (χ2v) is 5.33. The van der Waals surface area contributed by atoms with E-state index < -0.39 is 0 Å². The summed E-state index contributed by atoms with van der Waals surface area (Å²) in [5.74, 6) is 0. The van der Waals surface area contributed by atoms with E-state index in [2.05, 4.69) is 48.3 Å². The summed E-state index contributed by atoms with van der Waals surface area (Å²) in [7, 11) is 5.49. The molecule has 0 aliphatic rings. The number of benzene rings is 1. The molecule has 0 saturated heterocycles. The van der Waals surface area contributed by atoms with E-state index >= 15 is 0 Å². The van der Waals surface area contributed by atoms with Gasteiger partial charge in [0.15, 0.2) is 0 Å². The monoisotopic (exact) mass is 294 g/mol. The minimum atomic E-state index is 0.322. The van der Waals surface area contributed by atoms with Gasteiger partial charge >= 0.3 is 0 Å². The van der Waals surface area contributed by atoms with Crippen molar-refractivity contribution in [1.29, 1.82) is 0 Å². The Balaban J connectivity index is 2.86. The molecule has 2 unspecified atom stereocenters. The summed E-state index contributed by atoms with van der Waals surface area (Å²) in [6.45, 7) is 6.66. The third-order valence-corrected chi connectivity index (χ3v) is 3.86. The molecule has 0 bridgehead atoms. The summed E-state index contributed by atoms with van der Waals surface area (Å²) < 4.78 is 10.5. The van der Waals surface area contributed by atoms with Gasteiger partial charge in [-0.25, -0.2) is 0 Å². The lowest BCUT2D eigenvalue weighted by Crippen LogP contribution is -2.38. The molecule has 1 aromatic rings. The first-order valence-electron chi connectivity index (χ1n) is 7.69. The fourth-order valence-corrected chi connectivity index (χ4v) is 2.63. The number of nitrogens with one attached hydrogen (secondary N) is 1. The molecule has 1 aromatic carbocycles. The molecule has 0 aliphatic carbocycles. The van der Waals surface area contributed by atoms with Crippen LogP contribution in [0.4, 0.5) is 5.69 Å². The number of rotatable bonds is 10. The molecule has 0 saturated carbocycles. The van der Waals surface area contributed by atoms with Crippen molar-refractivity contribution in [3.63, 3.8) is 0 Å². The van der Waals surface area contributed by atoms with Crippen LogP contribution in [0.25, 0.3) is 0 Å². The van der Waals surface area contributed by atoms with Crippen LogP contribution in [0.2, 0.25) is 0 Å². The molecule has 1 N–H and O–H groups in total. The first kappa shape index (κ1) is 18.0. The Morgan fingerprint density at radius 3 is 2.29 bits per heavy atom. The fraction of sp³-hybridized carbons (Fsp3) is 0.647. The van der Waals surface area contributed by atoms with Crippen LogP contribution in [-0.2, 0) is 9.47 Å². The van der Waals surface area contributed by atoms with Gasteiger partial charge in [0.25, 0.3) is 0 Å². The standard InChI is InChI=1S/C17H30N2O2/c1-6-17(18-3)15-7-9-16(10-8-15)19(11-12-20-4)14(2)13-21-5/h7-10,14,17-18H,6,11-13H2,1-5H3. The SMILES string of the molecule is CCC(NC)c1ccc(N(CCOC)C(C)COC)cc1. The van der Waals surface area contributed by atoms with E-state index in [0.29, 0.717) is 25.3 Å². The number of ether oxygens (including phenoxy) is 2. The van der Waals surface area contributed by atoms with E-state index in [4.69, 9.17) is 9.47 Å². The van der Waals surface area contributed by atoms with E-state index in [1.54, 1.807) is 14.2 Å². The Morgan fingerprint density at radius 2 is 1.81 bits per heavy atom. The predicted octanol–water partition coefficient (Wildman–Crippen LogP) is 2.84. The largest absolute Gasteiger partial charge is 0.383 e. The van der Waals surface area contributed by atoms with Crippen molar-refractivity contribution in [2.45, 2.75) is 32.4 Å². The Morgan fingerprint density at radius 1 is 1.14 bits per heavy atom. The van der Waals surface area contributed by atoms with Crippen molar-refractivity contribution in [1.82, 2.24) is 5.32 Å². The first-order valence-corrected chi connectivity index (χ1v) is 7.69. The summed E-state index contributed by atoms with van der Waals surface area (Å²) in [4.78, 5) is 2.33. The maximum absolute atomic E-state index is 5.29. The normalized spacial score (nSPS) is 14.0. The molecule has 21 heavy (non-hydrogen) atoms. The van der Waals surface area contributed by atoms with Crippen LogP contribution in [0.1, 0.15) is 31.9 Å². The molecule has 0 amide bonds. The molecule has 2 atom stereocenters. The summed E-state index contributed by atoms with van der Waals surface area (Å²) in [5, 5.41) is 3.34. The molecule has 4 nitrogen and oxygen atoms in total. The van der Waals surface area contributed by atoms with Crippen molar-refractivity contribution >= 4 is 5.69 Å². The number of hydrogen-bond acceptors (Lipinski definition) is 4. The van der Waals surface area contributed by atoms with Gasteiger partial charge in [-0.2, -0.15) is 0 Å². The van der Waals surface area contributed by atoms with Crippen molar-refractivity contribution < 1.29 is 9.47 Å². The van der Waals surface area contributed by atoms with Gasteiger partial charge in [0.2, 0.25) is 0 Å². The van der Waals surface area contributed by atoms with Crippen molar-refractivity contribution in [3.05, 3.63) is 29.8 Å². The number of nitrogens with zero attached hydrogens (tertiary/aromatic N) is 1. The van der Waals surface area contributed by atoms with Crippen LogP contribution in [0.15, 0.2) is 24.3 Å². The van der Waals surface area contributed by atoms with Crippen LogP contribution < -0.4 is 10.2 Å². The highest BCUT2D eigenvalue weighted by molar-refractivity contribution is 5.49. The quantitative estimate of drug-likeness (QED) is 0.719. The van der Waals surface area contributed by atoms with E-state index in [1.165, 1.54) is 11.3 Å². The number of methoxy groups -OCH3 is 2. The summed E-state index contributed by atoms with van der Waals surface area (Å²) in [5.41, 5.74) is 2.54. The zero-order valence-corrected chi connectivity index (χ0v) is 14.1. The lowest BCUT2D eigenvalue weighted by Gasteiger charge is -2.31. The zero-order chi connectivity index (χ0) is 15.7. The Kier molecular flexibility index (Phi) is 8.35. The topological polar surface area (TPSA) is 33.7 Å². The van der Waals surface area contributed by atoms with E-state index in [9.17, 15) is 0 Å². The molecule has 4 heteroatoms. The van der Waals surface area contributed by atoms with Gasteiger partial charge in [0, 0.05) is 38.5 Å². The lowest BCUT2D eigenvalue weighted by atomic mass is 10.0. The van der Waals surface area contributed by atoms with Crippen molar-refractivity contribution in [3.8, 4) is 0 Å². The van der Waals surface area contributed by atoms with E-state index in [-0.39, 0.29) is 0 Å². The van der Waals surface area contributed by atoms with Gasteiger partial charge in [0.1, 0.15) is 0 Å². The maximum atomic E-state index is 5.29. The van der Waals surface area contributed by atoms with Crippen LogP contribution in [0, 0.1) is 0 Å². The first-order chi connectivity index (χ1) is 10.2. The number of anilines is 1. The van der Waals surface area contributed by atoms with Crippen LogP contribution in [0.3, 0.4) is 0 Å². The molecule has 0 heterocycles. The average Bonchev–Trinajstić information content (AvgIpc) is 2.50. The maximum Gasteiger partial charge on any atom is 0.0663 e. The van der Waals surface area contributed by atoms with Gasteiger partial charge in [-0.3, -0.25) is 0 Å². The minimum absolute atomic E-state index is 0.322. The third kappa shape index (κ3) is 5.30. The van der Waals surface area contributed by atoms with Gasteiger partial charge in [-0.05, 0) is 38.1 Å². The summed E-state index contributed by atoms with van der Waals surface area (Å²) >= 11 is 0. The summed E-state index contributed by atoms with van der Waals surface area (Å²) in [6.07, 6.45) is 1.09. The molecule has 120 valence electrons. The Hall–Kier alpha value is -1.10. The van der Waals surface area contributed by atoms with Gasteiger partial charge in [-0.1, -0.05) is 19.1 Å². The zero-order valence-electron chi connectivity index (χ0n) is 14.1. The van der Waals surface area contributed by atoms with Crippen LogP contribution in [0.5, 0.6) is 0 Å². The van der Waals surface area contributed by atoms with Crippen LogP contribution >= 0.6 is 0 Å². The molecule has 0 aliphatic heterocycles. The minimum Gasteiger partial charge on any atom is -0.383 e.